The molecule has 2 saturated heterocycles. The number of fused-ring (bicyclic) bond motifs is 7. The molecule has 11 heteroatoms. The van der Waals surface area contributed by atoms with Crippen molar-refractivity contribution in [3.05, 3.63) is 46.1 Å². The topological polar surface area (TPSA) is 124 Å². The summed E-state index contributed by atoms with van der Waals surface area (Å²) in [5, 5.41) is 17.9. The fourth-order valence-electron chi connectivity index (χ4n) is 13.7. The van der Waals surface area contributed by atoms with Crippen LogP contribution in [0.3, 0.4) is 0 Å². The van der Waals surface area contributed by atoms with Gasteiger partial charge in [0.05, 0.1) is 42.5 Å². The summed E-state index contributed by atoms with van der Waals surface area (Å²) in [7, 11) is 6.78. The third-order valence-electron chi connectivity index (χ3n) is 16.5. The van der Waals surface area contributed by atoms with E-state index in [1.54, 1.807) is 13.8 Å². The number of ether oxygens (including phenoxy) is 1. The van der Waals surface area contributed by atoms with Crippen molar-refractivity contribution in [1.29, 1.82) is 0 Å². The van der Waals surface area contributed by atoms with Crippen LogP contribution in [-0.4, -0.2) is 108 Å². The molecular weight excluding hydrogens is 778 g/mol. The first kappa shape index (κ1) is 48.2. The Morgan fingerprint density at radius 3 is 2.17 bits per heavy atom. The van der Waals surface area contributed by atoms with Crippen LogP contribution in [0.4, 0.5) is 0 Å². The lowest BCUT2D eigenvalue weighted by Gasteiger charge is -2.70. The molecule has 8 atom stereocenters. The van der Waals surface area contributed by atoms with Crippen molar-refractivity contribution in [2.45, 2.75) is 145 Å². The maximum Gasteiger partial charge on any atom is 0.309 e. The minimum atomic E-state index is -1.15. The zero-order valence-corrected chi connectivity index (χ0v) is 39.7. The van der Waals surface area contributed by atoms with Gasteiger partial charge in [0.25, 0.3) is 5.97 Å². The third-order valence-corrected chi connectivity index (χ3v) is 16.8. The van der Waals surface area contributed by atoms with Crippen LogP contribution in [0.25, 0.3) is 0 Å². The number of allylic oxidation sites excluding steroid dienone is 2. The number of hydrogen-bond donors (Lipinski definition) is 2. The number of halogens is 1. The van der Waals surface area contributed by atoms with Gasteiger partial charge in [-0.05, 0) is 108 Å². The maximum absolute atomic E-state index is 14.3. The van der Waals surface area contributed by atoms with Crippen molar-refractivity contribution in [2.24, 2.45) is 44.8 Å². The Morgan fingerprint density at radius 2 is 1.57 bits per heavy atom. The van der Waals surface area contributed by atoms with Crippen LogP contribution in [0, 0.1) is 44.8 Å². The van der Waals surface area contributed by atoms with Gasteiger partial charge in [0, 0.05) is 61.7 Å². The van der Waals surface area contributed by atoms with Crippen LogP contribution < -0.4 is 0 Å². The van der Waals surface area contributed by atoms with Crippen LogP contribution in [0.1, 0.15) is 132 Å². The van der Waals surface area contributed by atoms with Crippen molar-refractivity contribution >= 4 is 35.3 Å². The van der Waals surface area contributed by atoms with Gasteiger partial charge in [-0.25, -0.2) is 0 Å². The minimum Gasteiger partial charge on any atom is -0.481 e. The molecule has 4 fully saturated rings. The third kappa shape index (κ3) is 9.14. The van der Waals surface area contributed by atoms with Gasteiger partial charge in [-0.15, -0.1) is 0 Å². The van der Waals surface area contributed by atoms with Gasteiger partial charge in [-0.3, -0.25) is 28.6 Å². The summed E-state index contributed by atoms with van der Waals surface area (Å²) >= 11 is 6.70. The van der Waals surface area contributed by atoms with E-state index in [0.717, 1.165) is 112 Å². The van der Waals surface area contributed by atoms with Gasteiger partial charge in [0.1, 0.15) is 11.8 Å². The summed E-state index contributed by atoms with van der Waals surface area (Å²) in [5.41, 5.74) is 2.49. The molecular formula is C49H77ClN3O7+. The molecule has 5 aliphatic rings. The first-order valence-corrected chi connectivity index (χ1v) is 23.0. The van der Waals surface area contributed by atoms with E-state index in [-0.39, 0.29) is 40.1 Å². The van der Waals surface area contributed by atoms with E-state index in [2.05, 4.69) is 84.6 Å². The normalized spacial score (nSPS) is 33.4. The first-order valence-electron chi connectivity index (χ1n) is 22.6. The molecule has 1 aromatic rings. The molecule has 336 valence electrons. The number of carbonyl (C=O) groups is 4. The van der Waals surface area contributed by atoms with E-state index < -0.39 is 23.3 Å². The summed E-state index contributed by atoms with van der Waals surface area (Å²) in [6.45, 7) is 23.2. The number of piperidine rings is 2. The molecule has 3 aliphatic carbocycles. The van der Waals surface area contributed by atoms with E-state index in [1.165, 1.54) is 5.70 Å². The van der Waals surface area contributed by atoms with Crippen LogP contribution in [0.15, 0.2) is 35.5 Å². The van der Waals surface area contributed by atoms with E-state index in [1.807, 2.05) is 12.1 Å². The van der Waals surface area contributed by atoms with Gasteiger partial charge in [-0.2, -0.15) is 0 Å². The Balaban J connectivity index is 0.00000163. The van der Waals surface area contributed by atoms with Crippen molar-refractivity contribution in [2.75, 3.05) is 47.3 Å². The highest BCUT2D eigenvalue weighted by atomic mass is 35.5. The van der Waals surface area contributed by atoms with Crippen LogP contribution in [0.5, 0.6) is 0 Å². The highest BCUT2D eigenvalue weighted by Crippen LogP contribution is 2.71. The molecule has 0 bridgehead atoms. The number of quaternary nitrogens is 1. The number of carboxylic acids is 2. The Labute approximate surface area is 366 Å². The average molecular weight is 856 g/mol. The molecule has 10 nitrogen and oxygen atoms in total. The molecule has 60 heavy (non-hydrogen) atoms. The number of hydrogen-bond acceptors (Lipinski definition) is 7. The number of carbonyl (C=O) groups excluding carboxylic acids is 2. The number of aliphatic carboxylic acids is 2. The van der Waals surface area contributed by atoms with E-state index in [0.29, 0.717) is 30.1 Å². The summed E-state index contributed by atoms with van der Waals surface area (Å²) in [6, 6.07) is 8.66. The number of carboxylic acid groups (broad SMARTS) is 2. The number of esters is 1. The monoisotopic (exact) mass is 855 g/mol. The average Bonchev–Trinajstić information content (AvgIpc) is 3.44. The number of likely N-dealkylation sites (N-methyl/N-ethyl adjacent to an activating group) is 1. The minimum absolute atomic E-state index is 0.103. The van der Waals surface area contributed by atoms with Crippen molar-refractivity contribution in [1.82, 2.24) is 9.80 Å². The zero-order valence-electron chi connectivity index (χ0n) is 39.0. The summed E-state index contributed by atoms with van der Waals surface area (Å²) in [4.78, 5) is 53.1. The van der Waals surface area contributed by atoms with Crippen molar-refractivity contribution in [3.8, 4) is 0 Å². The van der Waals surface area contributed by atoms with Crippen LogP contribution >= 0.6 is 11.6 Å². The molecule has 6 rings (SSSR count). The summed E-state index contributed by atoms with van der Waals surface area (Å²) in [6.07, 6.45) is 8.65. The Hall–Kier alpha value is -2.79. The lowest BCUT2D eigenvalue weighted by Crippen LogP contribution is -2.72. The van der Waals surface area contributed by atoms with E-state index in [4.69, 9.17) is 26.2 Å². The summed E-state index contributed by atoms with van der Waals surface area (Å²) < 4.78 is 7.12. The largest absolute Gasteiger partial charge is 0.481 e. The second-order valence-electron chi connectivity index (χ2n) is 21.9. The fourth-order valence-corrected chi connectivity index (χ4v) is 13.9. The van der Waals surface area contributed by atoms with Gasteiger partial charge >= 0.3 is 11.9 Å². The SMILES string of the molecule is CC(=O)O.CC(C)C1=C2C(CCN(CCN(C)C)Cc3ccccc3Cl)(CCC3C4(C)CCC5C(C)(C)C(OC(=O)CC(C)(C)C(=O)O)CCC5(C)C4CC[N+]23C)CC1=O. The number of benzene rings is 1. The van der Waals surface area contributed by atoms with Gasteiger partial charge < -0.3 is 19.8 Å². The number of ketones is 1. The lowest BCUT2D eigenvalue weighted by molar-refractivity contribution is -0.925. The second kappa shape index (κ2) is 17.8. The predicted octanol–water partition coefficient (Wildman–Crippen LogP) is 9.34. The van der Waals surface area contributed by atoms with Crippen LogP contribution in [-0.2, 0) is 30.5 Å². The Kier molecular flexibility index (Phi) is 14.3. The van der Waals surface area contributed by atoms with Crippen molar-refractivity contribution < 1.29 is 38.6 Å². The van der Waals surface area contributed by atoms with Crippen LogP contribution in [0.2, 0.25) is 5.02 Å². The van der Waals surface area contributed by atoms with Gasteiger partial charge in [-0.1, -0.05) is 71.3 Å². The highest BCUT2D eigenvalue weighted by molar-refractivity contribution is 6.31. The first-order chi connectivity index (χ1) is 27.7. The molecule has 0 amide bonds. The summed E-state index contributed by atoms with van der Waals surface area (Å²) in [5.74, 6) is -0.702. The molecule has 2 saturated carbocycles. The number of rotatable bonds is 13. The zero-order chi connectivity index (χ0) is 44.8. The standard InChI is InChI=1S/C47H72ClN3O5.C2H4O2/c1-31(2)40-34(52)28-47(23-24-50(26-25-49(9)10)30-32-14-12-13-15-33(32)48)22-17-37-46(8)20-16-35-44(5,6)38(56-39(53)29-43(3,4)42(54)55)18-21-45(35,7)36(46)19-27-51(37,11)41(40)47;1-2(3)4/h12-15,31,35-38H,16-30H2,1-11H3;1H3,(H,3,4)/p+1. The van der Waals surface area contributed by atoms with Crippen molar-refractivity contribution in [3.63, 3.8) is 0 Å². The number of nitrogens with zero attached hydrogens (tertiary/aromatic N) is 3. The van der Waals surface area contributed by atoms with Gasteiger partial charge in [0.2, 0.25) is 0 Å². The quantitative estimate of drug-likeness (QED) is 0.148. The molecule has 2 aliphatic heterocycles. The smallest absolute Gasteiger partial charge is 0.309 e. The molecule has 2 N–H and O–H groups in total. The Bertz CT molecular complexity index is 1820. The lowest BCUT2D eigenvalue weighted by atomic mass is 9.40. The molecule has 0 aromatic heterocycles. The molecule has 0 spiro atoms. The predicted molar refractivity (Wildman–Crippen MR) is 237 cm³/mol. The van der Waals surface area contributed by atoms with E-state index in [9.17, 15) is 19.5 Å². The molecule has 0 radical (unpaired) electrons. The molecule has 2 heterocycles. The number of Topliss-reactive ketones (excluding diaryl/α,β-unsaturated/α-hetero) is 1. The maximum atomic E-state index is 14.3. The fraction of sp³-hybridized carbons (Fsp3) is 0.755. The highest BCUT2D eigenvalue weighted by Gasteiger charge is 2.71. The van der Waals surface area contributed by atoms with Gasteiger partial charge in [0.15, 0.2) is 5.78 Å². The molecule has 1 aromatic carbocycles. The second-order valence-corrected chi connectivity index (χ2v) is 22.3. The molecule has 8 unspecified atom stereocenters. The Morgan fingerprint density at radius 1 is 0.933 bits per heavy atom. The van der Waals surface area contributed by atoms with E-state index >= 15 is 0 Å².